The number of aryl methyl sites for hydroxylation is 1. The smallest absolute Gasteiger partial charge is 0.224 e. The van der Waals surface area contributed by atoms with Crippen molar-refractivity contribution in [1.82, 2.24) is 0 Å². The minimum atomic E-state index is 0.0821. The van der Waals surface area contributed by atoms with Crippen molar-refractivity contribution in [2.75, 3.05) is 29.0 Å². The maximum Gasteiger partial charge on any atom is 0.224 e. The van der Waals surface area contributed by atoms with Gasteiger partial charge in [-0.05, 0) is 37.0 Å². The molecule has 0 fully saturated rings. The first-order chi connectivity index (χ1) is 9.15. The zero-order chi connectivity index (χ0) is 13.8. The van der Waals surface area contributed by atoms with E-state index in [0.29, 0.717) is 6.42 Å². The fourth-order valence-corrected chi connectivity index (χ4v) is 2.60. The van der Waals surface area contributed by atoms with Crippen molar-refractivity contribution in [2.24, 2.45) is 0 Å². The van der Waals surface area contributed by atoms with Gasteiger partial charge in [-0.3, -0.25) is 4.79 Å². The van der Waals surface area contributed by atoms with Crippen LogP contribution in [0.3, 0.4) is 0 Å². The summed E-state index contributed by atoms with van der Waals surface area (Å²) >= 11 is 0. The summed E-state index contributed by atoms with van der Waals surface area (Å²) < 4.78 is 0. The van der Waals surface area contributed by atoms with Crippen LogP contribution in [0.15, 0.2) is 12.1 Å². The molecule has 1 heterocycles. The van der Waals surface area contributed by atoms with Gasteiger partial charge in [0.2, 0.25) is 5.91 Å². The van der Waals surface area contributed by atoms with Crippen LogP contribution < -0.4 is 16.0 Å². The number of nitrogens with one attached hydrogen (secondary N) is 1. The van der Waals surface area contributed by atoms with Crippen molar-refractivity contribution in [3.63, 3.8) is 0 Å². The summed E-state index contributed by atoms with van der Waals surface area (Å²) in [5.74, 6) is 0.0821. The summed E-state index contributed by atoms with van der Waals surface area (Å²) in [6.45, 7) is 6.39. The summed E-state index contributed by atoms with van der Waals surface area (Å²) in [7, 11) is 0. The third kappa shape index (κ3) is 3.00. The van der Waals surface area contributed by atoms with Gasteiger partial charge in [0.05, 0.1) is 11.4 Å². The fraction of sp³-hybridized carbons (Fsp3) is 0.533. The molecule has 3 N–H and O–H groups in total. The summed E-state index contributed by atoms with van der Waals surface area (Å²) in [6, 6.07) is 4.05. The molecule has 0 aromatic heterocycles. The van der Waals surface area contributed by atoms with Gasteiger partial charge in [0.25, 0.3) is 0 Å². The van der Waals surface area contributed by atoms with E-state index >= 15 is 0 Å². The maximum absolute atomic E-state index is 11.4. The highest BCUT2D eigenvalue weighted by Crippen LogP contribution is 2.33. The molecule has 0 unspecified atom stereocenters. The van der Waals surface area contributed by atoms with Crippen LogP contribution in [-0.2, 0) is 11.2 Å². The Balaban J connectivity index is 2.32. The molecular formula is C15H23N3O. The maximum atomic E-state index is 11.4. The lowest BCUT2D eigenvalue weighted by Gasteiger charge is -2.28. The average molecular weight is 261 g/mol. The molecule has 2 rings (SSSR count). The van der Waals surface area contributed by atoms with Crippen molar-refractivity contribution in [2.45, 2.75) is 39.5 Å². The van der Waals surface area contributed by atoms with E-state index in [1.807, 2.05) is 6.07 Å². The normalized spacial score (nSPS) is 13.9. The second kappa shape index (κ2) is 5.95. The quantitative estimate of drug-likeness (QED) is 0.801. The minimum absolute atomic E-state index is 0.0821. The summed E-state index contributed by atoms with van der Waals surface area (Å²) in [6.07, 6.45) is 3.58. The van der Waals surface area contributed by atoms with Gasteiger partial charge in [-0.15, -0.1) is 0 Å². The number of nitrogens with two attached hydrogens (primary N) is 1. The molecule has 0 saturated heterocycles. The molecule has 104 valence electrons. The highest BCUT2D eigenvalue weighted by atomic mass is 16.1. The van der Waals surface area contributed by atoms with E-state index in [9.17, 15) is 4.79 Å². The molecule has 1 aromatic rings. The summed E-state index contributed by atoms with van der Waals surface area (Å²) in [5.41, 5.74) is 10.1. The molecule has 1 amide bonds. The van der Waals surface area contributed by atoms with Crippen LogP contribution in [0.5, 0.6) is 0 Å². The van der Waals surface area contributed by atoms with Gasteiger partial charge in [0, 0.05) is 25.2 Å². The topological polar surface area (TPSA) is 58.4 Å². The molecule has 0 spiro atoms. The predicted molar refractivity (Wildman–Crippen MR) is 80.6 cm³/mol. The average Bonchev–Trinajstić information content (AvgIpc) is 2.37. The third-order valence-electron chi connectivity index (χ3n) is 3.48. The largest absolute Gasteiger partial charge is 0.397 e. The van der Waals surface area contributed by atoms with E-state index in [0.717, 1.165) is 49.4 Å². The van der Waals surface area contributed by atoms with Crippen LogP contribution in [0.2, 0.25) is 0 Å². The Kier molecular flexibility index (Phi) is 4.30. The molecule has 1 aromatic carbocycles. The van der Waals surface area contributed by atoms with E-state index in [1.54, 1.807) is 0 Å². The van der Waals surface area contributed by atoms with Gasteiger partial charge in [0.1, 0.15) is 0 Å². The van der Waals surface area contributed by atoms with Crippen LogP contribution in [-0.4, -0.2) is 19.0 Å². The van der Waals surface area contributed by atoms with E-state index in [2.05, 4.69) is 30.1 Å². The van der Waals surface area contributed by atoms with Gasteiger partial charge in [0.15, 0.2) is 0 Å². The zero-order valence-electron chi connectivity index (χ0n) is 11.8. The first-order valence-corrected chi connectivity index (χ1v) is 7.12. The molecule has 4 nitrogen and oxygen atoms in total. The lowest BCUT2D eigenvalue weighted by Crippen LogP contribution is -2.27. The van der Waals surface area contributed by atoms with Gasteiger partial charge in [-0.1, -0.05) is 13.8 Å². The van der Waals surface area contributed by atoms with Crippen LogP contribution in [0.1, 0.15) is 38.7 Å². The minimum Gasteiger partial charge on any atom is -0.397 e. The number of hydrogen-bond acceptors (Lipinski definition) is 3. The lowest BCUT2D eigenvalue weighted by molar-refractivity contribution is -0.116. The highest BCUT2D eigenvalue weighted by molar-refractivity contribution is 5.95. The van der Waals surface area contributed by atoms with E-state index in [1.165, 1.54) is 5.56 Å². The number of carbonyl (C=O) groups excluding carboxylic acids is 1. The third-order valence-corrected chi connectivity index (χ3v) is 3.48. The Hall–Kier alpha value is -1.71. The Morgan fingerprint density at radius 2 is 1.89 bits per heavy atom. The Bertz CT molecular complexity index is 465. The number of fused-ring (bicyclic) bond motifs is 1. The number of carbonyl (C=O) groups is 1. The van der Waals surface area contributed by atoms with Gasteiger partial charge < -0.3 is 16.0 Å². The Labute approximate surface area is 115 Å². The van der Waals surface area contributed by atoms with Gasteiger partial charge in [-0.2, -0.15) is 0 Å². The molecule has 0 bridgehead atoms. The number of rotatable bonds is 5. The van der Waals surface area contributed by atoms with Gasteiger partial charge in [-0.25, -0.2) is 0 Å². The Morgan fingerprint density at radius 3 is 2.53 bits per heavy atom. The molecular weight excluding hydrogens is 238 g/mol. The van der Waals surface area contributed by atoms with Crippen molar-refractivity contribution < 1.29 is 4.79 Å². The van der Waals surface area contributed by atoms with Crippen LogP contribution >= 0.6 is 0 Å². The number of nitrogens with zero attached hydrogens (tertiary/aromatic N) is 1. The monoisotopic (exact) mass is 261 g/mol. The van der Waals surface area contributed by atoms with Crippen molar-refractivity contribution in [3.05, 3.63) is 17.7 Å². The van der Waals surface area contributed by atoms with E-state index < -0.39 is 0 Å². The lowest BCUT2D eigenvalue weighted by atomic mass is 10.0. The van der Waals surface area contributed by atoms with E-state index in [-0.39, 0.29) is 5.91 Å². The number of benzene rings is 1. The molecule has 0 aliphatic carbocycles. The highest BCUT2D eigenvalue weighted by Gasteiger charge is 2.18. The molecule has 0 atom stereocenters. The molecule has 19 heavy (non-hydrogen) atoms. The summed E-state index contributed by atoms with van der Waals surface area (Å²) in [5, 5.41) is 2.89. The fourth-order valence-electron chi connectivity index (χ4n) is 2.60. The van der Waals surface area contributed by atoms with Crippen LogP contribution in [0.4, 0.5) is 17.1 Å². The molecule has 1 aliphatic heterocycles. The second-order valence-corrected chi connectivity index (χ2v) is 5.10. The number of amides is 1. The molecule has 0 saturated carbocycles. The van der Waals surface area contributed by atoms with Crippen LogP contribution in [0.25, 0.3) is 0 Å². The van der Waals surface area contributed by atoms with Gasteiger partial charge >= 0.3 is 0 Å². The molecule has 4 heteroatoms. The molecule has 1 aliphatic rings. The number of hydrogen-bond donors (Lipinski definition) is 2. The molecule has 0 radical (unpaired) electrons. The standard InChI is InChI=1S/C15H23N3O/c1-3-7-18(8-4-2)14-9-11-5-6-15(19)17-13(11)10-12(14)16/h9-10H,3-8,16H2,1-2H3,(H,17,19). The van der Waals surface area contributed by atoms with Crippen molar-refractivity contribution >= 4 is 23.0 Å². The SMILES string of the molecule is CCCN(CCC)c1cc2c(cc1N)NC(=O)CC2. The van der Waals surface area contributed by atoms with Crippen LogP contribution in [0, 0.1) is 0 Å². The van der Waals surface area contributed by atoms with E-state index in [4.69, 9.17) is 5.73 Å². The first kappa shape index (κ1) is 13.7. The summed E-state index contributed by atoms with van der Waals surface area (Å²) in [4.78, 5) is 13.7. The predicted octanol–water partition coefficient (Wildman–Crippen LogP) is 2.78. The second-order valence-electron chi connectivity index (χ2n) is 5.10. The number of nitrogen functional groups attached to an aromatic ring is 1. The van der Waals surface area contributed by atoms with Crippen molar-refractivity contribution in [1.29, 1.82) is 0 Å². The first-order valence-electron chi connectivity index (χ1n) is 7.12. The zero-order valence-corrected chi connectivity index (χ0v) is 11.8. The Morgan fingerprint density at radius 1 is 1.21 bits per heavy atom. The number of anilines is 3. The van der Waals surface area contributed by atoms with Crippen molar-refractivity contribution in [3.8, 4) is 0 Å².